The Labute approximate surface area is 178 Å². The molecule has 1 atom stereocenters. The smallest absolute Gasteiger partial charge is 0.255 e. The van der Waals surface area contributed by atoms with Gasteiger partial charge in [-0.25, -0.2) is 0 Å². The average Bonchev–Trinajstić information content (AvgIpc) is 2.74. The first-order valence-corrected chi connectivity index (χ1v) is 10.3. The number of nitrogens with zero attached hydrogens (tertiary/aromatic N) is 1. The Morgan fingerprint density at radius 3 is 2.63 bits per heavy atom. The summed E-state index contributed by atoms with van der Waals surface area (Å²) < 4.78 is 16.0. The van der Waals surface area contributed by atoms with Crippen molar-refractivity contribution >= 4 is 17.9 Å². The fourth-order valence-corrected chi connectivity index (χ4v) is 3.35. The molecular formula is C22H33N3O5. The first-order chi connectivity index (χ1) is 14.4. The van der Waals surface area contributed by atoms with Gasteiger partial charge in [0, 0.05) is 31.8 Å². The van der Waals surface area contributed by atoms with Crippen molar-refractivity contribution in [3.8, 4) is 11.5 Å². The molecule has 8 heteroatoms. The molecule has 2 amide bonds. The van der Waals surface area contributed by atoms with Crippen LogP contribution < -0.4 is 20.5 Å². The third kappa shape index (κ3) is 8.04. The highest BCUT2D eigenvalue weighted by atomic mass is 16.5. The second-order valence-corrected chi connectivity index (χ2v) is 7.68. The number of ether oxygens (including phenoxy) is 3. The monoisotopic (exact) mass is 419 g/mol. The second-order valence-electron chi connectivity index (χ2n) is 7.68. The number of morpholine rings is 1. The van der Waals surface area contributed by atoms with Gasteiger partial charge in [0.15, 0.2) is 18.1 Å². The summed E-state index contributed by atoms with van der Waals surface area (Å²) in [6.45, 7) is 8.03. The van der Waals surface area contributed by atoms with Gasteiger partial charge in [0.05, 0.1) is 20.3 Å². The summed E-state index contributed by atoms with van der Waals surface area (Å²) in [5.41, 5.74) is 5.87. The third-order valence-corrected chi connectivity index (χ3v) is 4.80. The van der Waals surface area contributed by atoms with E-state index < -0.39 is 5.91 Å². The first kappa shape index (κ1) is 23.7. The van der Waals surface area contributed by atoms with Gasteiger partial charge < -0.3 is 25.3 Å². The van der Waals surface area contributed by atoms with E-state index in [0.29, 0.717) is 30.0 Å². The Hall–Kier alpha value is -2.58. The molecule has 8 nitrogen and oxygen atoms in total. The number of hydrogen-bond donors (Lipinski definition) is 2. The van der Waals surface area contributed by atoms with Crippen LogP contribution in [0.15, 0.2) is 24.3 Å². The Kier molecular flexibility index (Phi) is 9.63. The van der Waals surface area contributed by atoms with Gasteiger partial charge in [-0.05, 0) is 36.1 Å². The lowest BCUT2D eigenvalue weighted by atomic mass is 10.0. The van der Waals surface area contributed by atoms with E-state index in [2.05, 4.69) is 24.1 Å². The molecule has 1 aliphatic heterocycles. The minimum absolute atomic E-state index is 0.148. The third-order valence-electron chi connectivity index (χ3n) is 4.80. The van der Waals surface area contributed by atoms with Crippen molar-refractivity contribution in [2.24, 2.45) is 11.7 Å². The molecule has 0 bridgehead atoms. The lowest BCUT2D eigenvalue weighted by Crippen LogP contribution is -2.49. The number of primary amides is 1. The predicted molar refractivity (Wildman–Crippen MR) is 115 cm³/mol. The number of methoxy groups -OCH3 is 1. The van der Waals surface area contributed by atoms with E-state index in [0.717, 1.165) is 38.3 Å². The average molecular weight is 420 g/mol. The minimum atomic E-state index is -0.564. The highest BCUT2D eigenvalue weighted by Gasteiger charge is 2.22. The topological polar surface area (TPSA) is 103 Å². The summed E-state index contributed by atoms with van der Waals surface area (Å²) in [6.07, 6.45) is 4.24. The van der Waals surface area contributed by atoms with Crippen LogP contribution in [0.2, 0.25) is 0 Å². The zero-order valence-corrected chi connectivity index (χ0v) is 18.1. The molecule has 3 N–H and O–H groups in total. The van der Waals surface area contributed by atoms with Crippen LogP contribution in [0.5, 0.6) is 11.5 Å². The van der Waals surface area contributed by atoms with Gasteiger partial charge in [-0.3, -0.25) is 14.5 Å². The number of nitrogens with two attached hydrogens (primary N) is 1. The zero-order valence-electron chi connectivity index (χ0n) is 18.1. The van der Waals surface area contributed by atoms with Crippen molar-refractivity contribution in [1.29, 1.82) is 0 Å². The molecule has 2 rings (SSSR count). The fraction of sp³-hybridized carbons (Fsp3) is 0.545. The van der Waals surface area contributed by atoms with Crippen LogP contribution in [-0.4, -0.2) is 69.3 Å². The lowest BCUT2D eigenvalue weighted by molar-refractivity contribution is -0.120. The summed E-state index contributed by atoms with van der Waals surface area (Å²) in [5.74, 6) is 0.715. The number of hydrogen-bond acceptors (Lipinski definition) is 6. The maximum atomic E-state index is 12.3. The molecule has 1 heterocycles. The quantitative estimate of drug-likeness (QED) is 0.526. The van der Waals surface area contributed by atoms with Crippen molar-refractivity contribution in [2.75, 3.05) is 46.6 Å². The Balaban J connectivity index is 1.93. The van der Waals surface area contributed by atoms with Gasteiger partial charge in [0.25, 0.3) is 5.91 Å². The molecular weight excluding hydrogens is 386 g/mol. The molecule has 0 saturated carbocycles. The van der Waals surface area contributed by atoms with Gasteiger partial charge >= 0.3 is 0 Å². The van der Waals surface area contributed by atoms with Crippen molar-refractivity contribution in [3.05, 3.63) is 29.8 Å². The molecule has 0 aliphatic carbocycles. The van der Waals surface area contributed by atoms with Crippen molar-refractivity contribution in [2.45, 2.75) is 26.3 Å². The van der Waals surface area contributed by atoms with Crippen LogP contribution in [0.1, 0.15) is 25.8 Å². The lowest BCUT2D eigenvalue weighted by Gasteiger charge is -2.35. The Morgan fingerprint density at radius 2 is 2.00 bits per heavy atom. The van der Waals surface area contributed by atoms with Gasteiger partial charge in [-0.15, -0.1) is 0 Å². The van der Waals surface area contributed by atoms with E-state index >= 15 is 0 Å². The van der Waals surface area contributed by atoms with Crippen LogP contribution in [-0.2, 0) is 14.3 Å². The van der Waals surface area contributed by atoms with Gasteiger partial charge in [0.1, 0.15) is 0 Å². The molecule has 1 saturated heterocycles. The molecule has 1 aromatic carbocycles. The minimum Gasteiger partial charge on any atom is -0.493 e. The predicted octanol–water partition coefficient (Wildman–Crippen LogP) is 1.44. The highest BCUT2D eigenvalue weighted by molar-refractivity contribution is 5.91. The van der Waals surface area contributed by atoms with Crippen LogP contribution >= 0.6 is 0 Å². The Bertz CT molecular complexity index is 729. The van der Waals surface area contributed by atoms with Crippen LogP contribution in [0, 0.1) is 5.92 Å². The highest BCUT2D eigenvalue weighted by Crippen LogP contribution is 2.28. The summed E-state index contributed by atoms with van der Waals surface area (Å²) in [5, 5.41) is 3.01. The number of nitrogens with one attached hydrogen (secondary N) is 1. The van der Waals surface area contributed by atoms with E-state index in [9.17, 15) is 9.59 Å². The van der Waals surface area contributed by atoms with E-state index in [1.807, 2.05) is 0 Å². The van der Waals surface area contributed by atoms with Gasteiger partial charge in [-0.1, -0.05) is 19.9 Å². The van der Waals surface area contributed by atoms with E-state index in [1.54, 1.807) is 24.3 Å². The number of benzene rings is 1. The van der Waals surface area contributed by atoms with E-state index in [4.69, 9.17) is 19.9 Å². The van der Waals surface area contributed by atoms with Gasteiger partial charge in [-0.2, -0.15) is 0 Å². The first-order valence-electron chi connectivity index (χ1n) is 10.3. The Morgan fingerprint density at radius 1 is 1.27 bits per heavy atom. The molecule has 1 fully saturated rings. The molecule has 0 aromatic heterocycles. The summed E-state index contributed by atoms with van der Waals surface area (Å²) in [7, 11) is 1.51. The standard InChI is InChI=1S/C22H33N3O5/c1-16(2)12-18(25-8-10-29-11-9-25)14-24-22(27)7-5-17-4-6-19(20(13-17)28-3)30-15-21(23)26/h4-7,13,16,18H,8-12,14-15H2,1-3H3,(H2,23,26)(H,24,27)/b7-5+. The molecule has 30 heavy (non-hydrogen) atoms. The zero-order chi connectivity index (χ0) is 21.9. The van der Waals surface area contributed by atoms with E-state index in [1.165, 1.54) is 13.2 Å². The normalized spacial score (nSPS) is 15.9. The van der Waals surface area contributed by atoms with Crippen LogP contribution in [0.25, 0.3) is 6.08 Å². The number of rotatable bonds is 11. The van der Waals surface area contributed by atoms with Crippen LogP contribution in [0.4, 0.5) is 0 Å². The number of carbonyl (C=O) groups excluding carboxylic acids is 2. The molecule has 1 aromatic rings. The summed E-state index contributed by atoms with van der Waals surface area (Å²) >= 11 is 0. The van der Waals surface area contributed by atoms with Gasteiger partial charge in [0.2, 0.25) is 5.91 Å². The maximum Gasteiger partial charge on any atom is 0.255 e. The largest absolute Gasteiger partial charge is 0.493 e. The van der Waals surface area contributed by atoms with Crippen LogP contribution in [0.3, 0.4) is 0 Å². The molecule has 0 spiro atoms. The number of amides is 2. The summed E-state index contributed by atoms with van der Waals surface area (Å²) in [6, 6.07) is 5.48. The fourth-order valence-electron chi connectivity index (χ4n) is 3.35. The molecule has 1 aliphatic rings. The van der Waals surface area contributed by atoms with Crippen molar-refractivity contribution in [1.82, 2.24) is 10.2 Å². The number of carbonyl (C=O) groups is 2. The van der Waals surface area contributed by atoms with Crippen molar-refractivity contribution in [3.63, 3.8) is 0 Å². The molecule has 166 valence electrons. The summed E-state index contributed by atoms with van der Waals surface area (Å²) in [4.78, 5) is 25.6. The van der Waals surface area contributed by atoms with E-state index in [-0.39, 0.29) is 12.5 Å². The van der Waals surface area contributed by atoms with Crippen molar-refractivity contribution < 1.29 is 23.8 Å². The molecule has 1 unspecified atom stereocenters. The molecule has 0 radical (unpaired) electrons. The SMILES string of the molecule is COc1cc(/C=C/C(=O)NCC(CC(C)C)N2CCOCC2)ccc1OCC(N)=O. The second kappa shape index (κ2) is 12.2. The maximum absolute atomic E-state index is 12.3.